The molecule has 3 rings (SSSR count). The second kappa shape index (κ2) is 8.87. The van der Waals surface area contributed by atoms with E-state index in [1.165, 1.54) is 12.1 Å². The molecular weight excluding hydrogens is 369 g/mol. The summed E-state index contributed by atoms with van der Waals surface area (Å²) in [5, 5.41) is 12.5. The Morgan fingerprint density at radius 3 is 2.66 bits per heavy atom. The lowest BCUT2D eigenvalue weighted by atomic mass is 9.97. The zero-order valence-corrected chi connectivity index (χ0v) is 16.6. The van der Waals surface area contributed by atoms with Gasteiger partial charge in [-0.2, -0.15) is 5.26 Å². The van der Waals surface area contributed by atoms with Crippen molar-refractivity contribution in [1.29, 1.82) is 5.26 Å². The van der Waals surface area contributed by atoms with Crippen LogP contribution in [0.25, 0.3) is 11.1 Å². The van der Waals surface area contributed by atoms with Gasteiger partial charge in [0.05, 0.1) is 11.6 Å². The van der Waals surface area contributed by atoms with Crippen molar-refractivity contribution in [2.24, 2.45) is 0 Å². The molecule has 2 amide bonds. The van der Waals surface area contributed by atoms with Gasteiger partial charge in [0.1, 0.15) is 5.82 Å². The van der Waals surface area contributed by atoms with Gasteiger partial charge in [-0.25, -0.2) is 4.39 Å². The summed E-state index contributed by atoms with van der Waals surface area (Å²) in [7, 11) is 1.74. The molecule has 1 fully saturated rings. The molecule has 2 atom stereocenters. The van der Waals surface area contributed by atoms with Crippen molar-refractivity contribution in [3.05, 3.63) is 59.4 Å². The van der Waals surface area contributed by atoms with Crippen LogP contribution in [0, 0.1) is 17.1 Å². The van der Waals surface area contributed by atoms with E-state index >= 15 is 0 Å². The molecule has 1 aliphatic rings. The zero-order valence-electron chi connectivity index (χ0n) is 16.6. The molecule has 0 unspecified atom stereocenters. The zero-order chi connectivity index (χ0) is 21.0. The molecule has 2 aromatic carbocycles. The van der Waals surface area contributed by atoms with Gasteiger partial charge in [0.25, 0.3) is 5.91 Å². The van der Waals surface area contributed by atoms with Gasteiger partial charge in [0.2, 0.25) is 5.91 Å². The standard InChI is InChI=1S/C23H24FN3O2/c1-3-22(28)26-17-9-10-18(13-17)27(2)23(29)15-8-11-19(16(12-15)14-25)20-6-4-5-7-21(20)24/h4-8,11-12,17-18H,3,9-10,13H2,1-2H3,(H,26,28)/t17-,18+/m0/s1. The molecule has 0 radical (unpaired) electrons. The number of halogens is 1. The van der Waals surface area contributed by atoms with Gasteiger partial charge in [-0.3, -0.25) is 9.59 Å². The molecular formula is C23H24FN3O2. The lowest BCUT2D eigenvalue weighted by Crippen LogP contribution is -2.38. The van der Waals surface area contributed by atoms with E-state index < -0.39 is 5.82 Å². The summed E-state index contributed by atoms with van der Waals surface area (Å²) in [4.78, 5) is 26.2. The highest BCUT2D eigenvalue weighted by Crippen LogP contribution is 2.29. The first-order chi connectivity index (χ1) is 13.9. The van der Waals surface area contributed by atoms with Crippen molar-refractivity contribution in [3.8, 4) is 17.2 Å². The third-order valence-electron chi connectivity index (χ3n) is 5.51. The molecule has 0 heterocycles. The topological polar surface area (TPSA) is 73.2 Å². The van der Waals surface area contributed by atoms with Gasteiger partial charge >= 0.3 is 0 Å². The number of rotatable bonds is 5. The van der Waals surface area contributed by atoms with Crippen LogP contribution in [0.4, 0.5) is 4.39 Å². The Morgan fingerprint density at radius 1 is 1.21 bits per heavy atom. The fourth-order valence-corrected chi connectivity index (χ4v) is 3.82. The molecule has 1 saturated carbocycles. The minimum absolute atomic E-state index is 0.0204. The van der Waals surface area contributed by atoms with Crippen LogP contribution >= 0.6 is 0 Å². The van der Waals surface area contributed by atoms with Crippen molar-refractivity contribution in [3.63, 3.8) is 0 Å². The fourth-order valence-electron chi connectivity index (χ4n) is 3.82. The van der Waals surface area contributed by atoms with Crippen molar-refractivity contribution < 1.29 is 14.0 Å². The largest absolute Gasteiger partial charge is 0.353 e. The van der Waals surface area contributed by atoms with Crippen LogP contribution < -0.4 is 5.32 Å². The summed E-state index contributed by atoms with van der Waals surface area (Å²) in [6.45, 7) is 1.81. The van der Waals surface area contributed by atoms with E-state index in [0.717, 1.165) is 12.8 Å². The summed E-state index contributed by atoms with van der Waals surface area (Å²) in [5.74, 6) is -0.576. The molecule has 0 aliphatic heterocycles. The quantitative estimate of drug-likeness (QED) is 0.838. The summed E-state index contributed by atoms with van der Waals surface area (Å²) < 4.78 is 14.1. The average molecular weight is 393 g/mol. The number of nitrogens with one attached hydrogen (secondary N) is 1. The number of carbonyl (C=O) groups is 2. The molecule has 1 aliphatic carbocycles. The van der Waals surface area contributed by atoms with Crippen molar-refractivity contribution >= 4 is 11.8 Å². The van der Waals surface area contributed by atoms with E-state index in [9.17, 15) is 19.2 Å². The van der Waals surface area contributed by atoms with Crippen LogP contribution in [0.1, 0.15) is 48.5 Å². The van der Waals surface area contributed by atoms with Gasteiger partial charge in [0, 0.05) is 42.2 Å². The Balaban J connectivity index is 1.77. The van der Waals surface area contributed by atoms with E-state index in [0.29, 0.717) is 29.5 Å². The number of amides is 2. The van der Waals surface area contributed by atoms with Crippen LogP contribution in [-0.2, 0) is 4.79 Å². The molecule has 5 nitrogen and oxygen atoms in total. The molecule has 2 aromatic rings. The van der Waals surface area contributed by atoms with E-state index in [1.807, 2.05) is 6.92 Å². The lowest BCUT2D eigenvalue weighted by molar-refractivity contribution is -0.121. The molecule has 0 bridgehead atoms. The first kappa shape index (κ1) is 20.5. The monoisotopic (exact) mass is 393 g/mol. The van der Waals surface area contributed by atoms with Crippen LogP contribution in [0.3, 0.4) is 0 Å². The van der Waals surface area contributed by atoms with Gasteiger partial charge in [-0.05, 0) is 37.5 Å². The predicted octanol–water partition coefficient (Wildman–Crippen LogP) is 3.88. The van der Waals surface area contributed by atoms with Crippen molar-refractivity contribution in [1.82, 2.24) is 10.2 Å². The SMILES string of the molecule is CCC(=O)N[C@H]1CC[C@@H](N(C)C(=O)c2ccc(-c3ccccc3F)c(C#N)c2)C1. The van der Waals surface area contributed by atoms with Gasteiger partial charge in [-0.1, -0.05) is 31.2 Å². The maximum atomic E-state index is 14.1. The number of carbonyl (C=O) groups excluding carboxylic acids is 2. The fraction of sp³-hybridized carbons (Fsp3) is 0.348. The molecule has 0 saturated heterocycles. The normalized spacial score (nSPS) is 18.1. The maximum absolute atomic E-state index is 14.1. The molecule has 0 spiro atoms. The highest BCUT2D eigenvalue weighted by molar-refractivity contribution is 5.95. The summed E-state index contributed by atoms with van der Waals surface area (Å²) in [6.07, 6.45) is 2.81. The molecule has 29 heavy (non-hydrogen) atoms. The summed E-state index contributed by atoms with van der Waals surface area (Å²) in [5.41, 5.74) is 1.45. The molecule has 150 valence electrons. The van der Waals surface area contributed by atoms with Gasteiger partial charge in [-0.15, -0.1) is 0 Å². The Morgan fingerprint density at radius 2 is 1.97 bits per heavy atom. The highest BCUT2D eigenvalue weighted by atomic mass is 19.1. The predicted molar refractivity (Wildman–Crippen MR) is 109 cm³/mol. The third kappa shape index (κ3) is 4.45. The number of benzene rings is 2. The second-order valence-electron chi connectivity index (χ2n) is 7.35. The smallest absolute Gasteiger partial charge is 0.253 e. The number of nitriles is 1. The van der Waals surface area contributed by atoms with Crippen LogP contribution in [0.2, 0.25) is 0 Å². The van der Waals surface area contributed by atoms with Gasteiger partial charge in [0.15, 0.2) is 0 Å². The molecule has 6 heteroatoms. The number of hydrogen-bond acceptors (Lipinski definition) is 3. The van der Waals surface area contributed by atoms with E-state index in [-0.39, 0.29) is 29.5 Å². The third-order valence-corrected chi connectivity index (χ3v) is 5.51. The first-order valence-electron chi connectivity index (χ1n) is 9.80. The minimum Gasteiger partial charge on any atom is -0.353 e. The second-order valence-corrected chi connectivity index (χ2v) is 7.35. The van der Waals surface area contributed by atoms with Crippen molar-refractivity contribution in [2.45, 2.75) is 44.7 Å². The Hall–Kier alpha value is -3.20. The number of hydrogen-bond donors (Lipinski definition) is 1. The van der Waals surface area contributed by atoms with Gasteiger partial charge < -0.3 is 10.2 Å². The van der Waals surface area contributed by atoms with Crippen LogP contribution in [0.5, 0.6) is 0 Å². The average Bonchev–Trinajstić information content (AvgIpc) is 3.21. The molecule has 1 N–H and O–H groups in total. The van der Waals surface area contributed by atoms with Crippen LogP contribution in [-0.4, -0.2) is 35.8 Å². The van der Waals surface area contributed by atoms with Crippen LogP contribution in [0.15, 0.2) is 42.5 Å². The minimum atomic E-state index is -0.411. The maximum Gasteiger partial charge on any atom is 0.253 e. The highest BCUT2D eigenvalue weighted by Gasteiger charge is 2.31. The van der Waals surface area contributed by atoms with E-state index in [1.54, 1.807) is 42.3 Å². The summed E-state index contributed by atoms with van der Waals surface area (Å²) >= 11 is 0. The molecule has 0 aromatic heterocycles. The lowest BCUT2D eigenvalue weighted by Gasteiger charge is -2.25. The Labute approximate surface area is 170 Å². The van der Waals surface area contributed by atoms with E-state index in [2.05, 4.69) is 11.4 Å². The first-order valence-corrected chi connectivity index (χ1v) is 9.80. The Bertz CT molecular complexity index is 967. The summed E-state index contributed by atoms with van der Waals surface area (Å²) in [6, 6.07) is 13.2. The van der Waals surface area contributed by atoms with E-state index in [4.69, 9.17) is 0 Å². The number of nitrogens with zero attached hydrogens (tertiary/aromatic N) is 2. The van der Waals surface area contributed by atoms with Crippen molar-refractivity contribution in [2.75, 3.05) is 7.05 Å². The Kier molecular flexibility index (Phi) is 6.28.